The Morgan fingerprint density at radius 3 is 2.21 bits per heavy atom. The van der Waals surface area contributed by atoms with E-state index in [4.69, 9.17) is 17.0 Å². The highest BCUT2D eigenvalue weighted by molar-refractivity contribution is 7.80. The number of anilines is 2. The zero-order valence-electron chi connectivity index (χ0n) is 20.1. The second-order valence-electron chi connectivity index (χ2n) is 8.04. The van der Waals surface area contributed by atoms with E-state index in [0.29, 0.717) is 22.1 Å². The van der Waals surface area contributed by atoms with E-state index in [0.717, 1.165) is 15.1 Å². The fourth-order valence-corrected chi connectivity index (χ4v) is 5.03. The first-order valence-corrected chi connectivity index (χ1v) is 12.2. The summed E-state index contributed by atoms with van der Waals surface area (Å²) in [6.07, 6.45) is 0. The van der Waals surface area contributed by atoms with Crippen LogP contribution in [0.1, 0.15) is 27.3 Å². The Balaban J connectivity index is 1.59. The highest BCUT2D eigenvalue weighted by Gasteiger charge is 2.27. The summed E-state index contributed by atoms with van der Waals surface area (Å²) in [6, 6.07) is 11.0. The second-order valence-corrected chi connectivity index (χ2v) is 9.50. The van der Waals surface area contributed by atoms with Gasteiger partial charge in [0, 0.05) is 4.88 Å². The van der Waals surface area contributed by atoms with Crippen LogP contribution >= 0.6 is 23.6 Å². The van der Waals surface area contributed by atoms with Gasteiger partial charge >= 0.3 is 5.97 Å². The predicted molar refractivity (Wildman–Crippen MR) is 138 cm³/mol. The molecule has 0 aliphatic carbocycles. The summed E-state index contributed by atoms with van der Waals surface area (Å²) in [6.45, 7) is 2.40. The Bertz CT molecular complexity index is 1520. The van der Waals surface area contributed by atoms with E-state index in [-0.39, 0.29) is 10.7 Å². The van der Waals surface area contributed by atoms with Crippen LogP contribution in [0, 0.1) is 42.9 Å². The quantitative estimate of drug-likeness (QED) is 0.0905. The number of aryl methyl sites for hydroxylation is 1. The van der Waals surface area contributed by atoms with Crippen LogP contribution in [0.3, 0.4) is 0 Å². The van der Waals surface area contributed by atoms with Gasteiger partial charge in [-0.3, -0.25) is 4.68 Å². The maximum atomic E-state index is 14.2. The normalized spacial score (nSPS) is 10.9. The number of nitrogens with zero attached hydrogens (tertiary/aromatic N) is 2. The van der Waals surface area contributed by atoms with Gasteiger partial charge in [-0.15, -0.1) is 11.3 Å². The average Bonchev–Trinajstić information content (AvgIpc) is 3.45. The number of methoxy groups -OCH3 is 1. The largest absolute Gasteiger partial charge is 0.465 e. The molecule has 38 heavy (non-hydrogen) atoms. The molecule has 0 bridgehead atoms. The molecule has 0 spiro atoms. The van der Waals surface area contributed by atoms with Crippen LogP contribution in [0.25, 0.3) is 10.4 Å². The fourth-order valence-electron chi connectivity index (χ4n) is 3.71. The molecule has 2 aromatic carbocycles. The number of ether oxygens (including phenoxy) is 1. The molecule has 0 radical (unpaired) electrons. The third-order valence-electron chi connectivity index (χ3n) is 5.65. The van der Waals surface area contributed by atoms with Crippen molar-refractivity contribution in [2.24, 2.45) is 0 Å². The summed E-state index contributed by atoms with van der Waals surface area (Å²) in [5.74, 6) is -10.7. The van der Waals surface area contributed by atoms with E-state index in [1.807, 2.05) is 30.3 Å². The first-order valence-electron chi connectivity index (χ1n) is 10.9. The summed E-state index contributed by atoms with van der Waals surface area (Å²) in [5, 5.41) is 10.5. The van der Waals surface area contributed by atoms with Crippen molar-refractivity contribution < 1.29 is 31.5 Å². The summed E-state index contributed by atoms with van der Waals surface area (Å²) >= 11 is 6.68. The van der Waals surface area contributed by atoms with E-state index < -0.39 is 47.2 Å². The van der Waals surface area contributed by atoms with Crippen LogP contribution in [0.2, 0.25) is 0 Å². The van der Waals surface area contributed by atoms with Crippen LogP contribution < -0.4 is 10.6 Å². The number of aromatic nitrogens is 2. The van der Waals surface area contributed by atoms with E-state index >= 15 is 0 Å². The lowest BCUT2D eigenvalue weighted by Gasteiger charge is -2.12. The van der Waals surface area contributed by atoms with Gasteiger partial charge in [-0.2, -0.15) is 5.10 Å². The zero-order chi connectivity index (χ0) is 27.7. The molecule has 13 heteroatoms. The maximum absolute atomic E-state index is 14.2. The molecule has 0 amide bonds. The zero-order valence-corrected chi connectivity index (χ0v) is 21.7. The lowest BCUT2D eigenvalue weighted by molar-refractivity contribution is 0.0602. The number of nitrogens with one attached hydrogen (secondary N) is 2. The number of thiophene rings is 1. The van der Waals surface area contributed by atoms with E-state index in [2.05, 4.69) is 15.7 Å². The van der Waals surface area contributed by atoms with Crippen molar-refractivity contribution in [2.45, 2.75) is 20.4 Å². The van der Waals surface area contributed by atoms with E-state index in [1.165, 1.54) is 25.4 Å². The van der Waals surface area contributed by atoms with Crippen molar-refractivity contribution in [3.05, 3.63) is 88.0 Å². The van der Waals surface area contributed by atoms with Crippen molar-refractivity contribution in [3.63, 3.8) is 0 Å². The van der Waals surface area contributed by atoms with Gasteiger partial charge in [0.1, 0.15) is 5.00 Å². The first-order chi connectivity index (χ1) is 18.0. The molecule has 2 N–H and O–H groups in total. The number of rotatable bonds is 6. The van der Waals surface area contributed by atoms with Crippen molar-refractivity contribution in [1.29, 1.82) is 0 Å². The molecule has 0 atom stereocenters. The van der Waals surface area contributed by atoms with Crippen LogP contribution in [0.15, 0.2) is 36.4 Å². The Morgan fingerprint density at radius 1 is 1.00 bits per heavy atom. The molecule has 198 valence electrons. The Labute approximate surface area is 223 Å². The van der Waals surface area contributed by atoms with Crippen LogP contribution in [0.4, 0.5) is 32.6 Å². The monoisotopic (exact) mass is 566 g/mol. The fraction of sp³-hybridized carbons (Fsp3) is 0.160. The van der Waals surface area contributed by atoms with Crippen molar-refractivity contribution in [1.82, 2.24) is 9.78 Å². The maximum Gasteiger partial charge on any atom is 0.340 e. The van der Waals surface area contributed by atoms with Crippen LogP contribution in [0.5, 0.6) is 0 Å². The van der Waals surface area contributed by atoms with Gasteiger partial charge in [0.05, 0.1) is 41.9 Å². The number of esters is 1. The molecular weight excluding hydrogens is 547 g/mol. The van der Waals surface area contributed by atoms with E-state index in [1.54, 1.807) is 13.0 Å². The molecule has 2 heterocycles. The van der Waals surface area contributed by atoms with Crippen LogP contribution in [-0.2, 0) is 11.3 Å². The highest BCUT2D eigenvalue weighted by atomic mass is 32.1. The van der Waals surface area contributed by atoms with Gasteiger partial charge in [-0.25, -0.2) is 26.7 Å². The second kappa shape index (κ2) is 10.9. The number of carbonyl (C=O) groups excluding carboxylic acids is 1. The number of halogens is 5. The van der Waals surface area contributed by atoms with Gasteiger partial charge < -0.3 is 15.4 Å². The molecule has 0 saturated heterocycles. The van der Waals surface area contributed by atoms with Crippen molar-refractivity contribution >= 4 is 45.3 Å². The lowest BCUT2D eigenvalue weighted by atomic mass is 10.1. The molecule has 0 aliphatic heterocycles. The molecule has 6 nitrogen and oxygen atoms in total. The summed E-state index contributed by atoms with van der Waals surface area (Å²) < 4.78 is 75.0. The molecule has 4 aromatic rings. The van der Waals surface area contributed by atoms with Crippen molar-refractivity contribution in [3.8, 4) is 10.4 Å². The van der Waals surface area contributed by atoms with Gasteiger partial charge in [0.25, 0.3) is 0 Å². The minimum absolute atomic E-state index is 0.0681. The van der Waals surface area contributed by atoms with Gasteiger partial charge in [-0.1, -0.05) is 30.3 Å². The lowest BCUT2D eigenvalue weighted by Crippen LogP contribution is -2.20. The molecule has 0 aliphatic rings. The third kappa shape index (κ3) is 5.11. The highest BCUT2D eigenvalue weighted by Crippen LogP contribution is 2.36. The molecule has 2 aromatic heterocycles. The van der Waals surface area contributed by atoms with Gasteiger partial charge in [-0.05, 0) is 37.7 Å². The predicted octanol–water partition coefficient (Wildman–Crippen LogP) is 6.57. The van der Waals surface area contributed by atoms with Gasteiger partial charge in [0.2, 0.25) is 5.82 Å². The molecule has 0 unspecified atom stereocenters. The average molecular weight is 567 g/mol. The Kier molecular flexibility index (Phi) is 7.78. The SMILES string of the molecule is COC(=O)c1cc(-c2ccccc2)sc1NC(=S)Nc1c(C)nn(Cc2c(F)c(F)c(F)c(F)c2F)c1C. The Hall–Kier alpha value is -3.84. The van der Waals surface area contributed by atoms with Crippen molar-refractivity contribution in [2.75, 3.05) is 17.7 Å². The number of hydrogen-bond donors (Lipinski definition) is 2. The Morgan fingerprint density at radius 2 is 1.61 bits per heavy atom. The molecular formula is C25H19F5N4O2S2. The standard InChI is InChI=1S/C25H19F5N4O2S2/c1-11-22(12(2)34(33-11)10-15-17(26)19(28)21(30)20(29)18(15)27)31-25(37)32-23-14(24(35)36-3)9-16(38-23)13-7-5-4-6-8-13/h4-9H,10H2,1-3H3,(H2,31,32,37). The number of thiocarbonyl (C=S) groups is 1. The third-order valence-corrected chi connectivity index (χ3v) is 6.96. The molecule has 0 saturated carbocycles. The number of hydrogen-bond acceptors (Lipinski definition) is 5. The number of carbonyl (C=O) groups is 1. The first kappa shape index (κ1) is 27.2. The molecule has 0 fully saturated rings. The smallest absolute Gasteiger partial charge is 0.340 e. The van der Waals surface area contributed by atoms with Gasteiger partial charge in [0.15, 0.2) is 28.4 Å². The van der Waals surface area contributed by atoms with Crippen LogP contribution in [-0.4, -0.2) is 28.0 Å². The minimum atomic E-state index is -2.23. The molecule has 4 rings (SSSR count). The number of benzene rings is 2. The van der Waals surface area contributed by atoms with E-state index in [9.17, 15) is 26.7 Å². The topological polar surface area (TPSA) is 68.2 Å². The summed E-state index contributed by atoms with van der Waals surface area (Å²) in [4.78, 5) is 13.1. The summed E-state index contributed by atoms with van der Waals surface area (Å²) in [7, 11) is 1.26. The minimum Gasteiger partial charge on any atom is -0.465 e. The summed E-state index contributed by atoms with van der Waals surface area (Å²) in [5.41, 5.74) is 1.14.